The first-order valence-corrected chi connectivity index (χ1v) is 7.67. The molecule has 1 aromatic carbocycles. The average Bonchev–Trinajstić information content (AvgIpc) is 2.42. The molecule has 0 radical (unpaired) electrons. The Morgan fingerprint density at radius 3 is 2.33 bits per heavy atom. The molecule has 3 rings (SSSR count). The van der Waals surface area contributed by atoms with Crippen molar-refractivity contribution in [3.8, 4) is 0 Å². The van der Waals surface area contributed by atoms with Crippen LogP contribution >= 0.6 is 0 Å². The normalized spacial score (nSPS) is 21.1. The van der Waals surface area contributed by atoms with Crippen molar-refractivity contribution in [2.75, 3.05) is 51.6 Å². The largest absolute Gasteiger partial charge is 0.321 e. The lowest BCUT2D eigenvalue weighted by Crippen LogP contribution is -2.64. The number of hydrogen-bond acceptors (Lipinski definition) is 3. The maximum absolute atomic E-state index is 12.1. The zero-order valence-corrected chi connectivity index (χ0v) is 12.9. The second-order valence-electron chi connectivity index (χ2n) is 6.19. The predicted molar refractivity (Wildman–Crippen MR) is 84.6 cm³/mol. The Kier molecular flexibility index (Phi) is 4.12. The van der Waals surface area contributed by atoms with Crippen LogP contribution < -0.4 is 5.32 Å². The van der Waals surface area contributed by atoms with E-state index in [0.717, 1.165) is 45.0 Å². The topological polar surface area (TPSA) is 38.8 Å². The number of likely N-dealkylation sites (N-methyl/N-ethyl adjacent to an activating group) is 1. The number of benzene rings is 1. The molecule has 2 amide bonds. The van der Waals surface area contributed by atoms with Crippen LogP contribution in [0.4, 0.5) is 10.5 Å². The number of nitrogens with zero attached hydrogens (tertiary/aromatic N) is 3. The van der Waals surface area contributed by atoms with Crippen LogP contribution in [0.3, 0.4) is 0 Å². The number of amides is 2. The third-order valence-electron chi connectivity index (χ3n) is 4.51. The summed E-state index contributed by atoms with van der Waals surface area (Å²) in [5, 5.41) is 2.96. The molecule has 2 saturated heterocycles. The lowest BCUT2D eigenvalue weighted by Gasteiger charge is -2.47. The number of carbonyl (C=O) groups is 1. The van der Waals surface area contributed by atoms with Gasteiger partial charge in [-0.3, -0.25) is 4.90 Å². The summed E-state index contributed by atoms with van der Waals surface area (Å²) >= 11 is 0. The van der Waals surface area contributed by atoms with Gasteiger partial charge in [-0.05, 0) is 26.1 Å². The number of nitrogens with one attached hydrogen (secondary N) is 1. The molecule has 0 saturated carbocycles. The van der Waals surface area contributed by atoms with Crippen LogP contribution in [0.2, 0.25) is 0 Å². The molecular formula is C16H24N4O. The monoisotopic (exact) mass is 288 g/mol. The zero-order chi connectivity index (χ0) is 14.8. The number of piperazine rings is 1. The first-order chi connectivity index (χ1) is 10.1. The molecule has 2 aliphatic rings. The Morgan fingerprint density at radius 2 is 1.71 bits per heavy atom. The molecule has 0 bridgehead atoms. The van der Waals surface area contributed by atoms with Gasteiger partial charge in [0.15, 0.2) is 0 Å². The van der Waals surface area contributed by atoms with Crippen molar-refractivity contribution >= 4 is 11.7 Å². The van der Waals surface area contributed by atoms with Crippen molar-refractivity contribution in [1.29, 1.82) is 0 Å². The van der Waals surface area contributed by atoms with Crippen LogP contribution in [0.5, 0.6) is 0 Å². The fourth-order valence-corrected chi connectivity index (χ4v) is 2.88. The van der Waals surface area contributed by atoms with E-state index in [1.165, 1.54) is 5.56 Å². The number of hydrogen-bond donors (Lipinski definition) is 1. The minimum atomic E-state index is 0.0178. The molecule has 21 heavy (non-hydrogen) atoms. The van der Waals surface area contributed by atoms with E-state index in [1.54, 1.807) is 0 Å². The highest BCUT2D eigenvalue weighted by molar-refractivity contribution is 5.89. The molecule has 5 nitrogen and oxygen atoms in total. The second-order valence-corrected chi connectivity index (χ2v) is 6.19. The minimum absolute atomic E-state index is 0.0178. The minimum Gasteiger partial charge on any atom is -0.321 e. The van der Waals surface area contributed by atoms with Crippen LogP contribution in [0.1, 0.15) is 5.56 Å². The summed E-state index contributed by atoms with van der Waals surface area (Å²) in [6, 6.07) is 8.49. The van der Waals surface area contributed by atoms with Gasteiger partial charge in [-0.15, -0.1) is 0 Å². The van der Waals surface area contributed by atoms with E-state index in [4.69, 9.17) is 0 Å². The maximum Gasteiger partial charge on any atom is 0.321 e. The van der Waals surface area contributed by atoms with Crippen molar-refractivity contribution in [1.82, 2.24) is 14.7 Å². The first kappa shape index (κ1) is 14.4. The van der Waals surface area contributed by atoms with Gasteiger partial charge in [-0.25, -0.2) is 4.79 Å². The summed E-state index contributed by atoms with van der Waals surface area (Å²) in [6.07, 6.45) is 0. The van der Waals surface area contributed by atoms with Gasteiger partial charge < -0.3 is 15.1 Å². The molecule has 2 aliphatic heterocycles. The Hall–Kier alpha value is -1.59. The van der Waals surface area contributed by atoms with Gasteiger partial charge in [0.2, 0.25) is 0 Å². The standard InChI is InChI=1S/C16H24N4O/c1-13-3-5-14(6-4-13)17-16(21)20-11-15(12-20)19-9-7-18(2)8-10-19/h3-6,15H,7-12H2,1-2H3,(H,17,21). The third-order valence-corrected chi connectivity index (χ3v) is 4.51. The van der Waals surface area contributed by atoms with Crippen molar-refractivity contribution in [3.63, 3.8) is 0 Å². The molecule has 114 valence electrons. The smallest absolute Gasteiger partial charge is 0.321 e. The van der Waals surface area contributed by atoms with E-state index >= 15 is 0 Å². The van der Waals surface area contributed by atoms with Crippen molar-refractivity contribution in [2.45, 2.75) is 13.0 Å². The highest BCUT2D eigenvalue weighted by Crippen LogP contribution is 2.18. The Balaban J connectivity index is 1.45. The van der Waals surface area contributed by atoms with E-state index in [9.17, 15) is 4.79 Å². The van der Waals surface area contributed by atoms with E-state index in [1.807, 2.05) is 36.1 Å². The zero-order valence-electron chi connectivity index (χ0n) is 12.9. The molecule has 2 fully saturated rings. The lowest BCUT2D eigenvalue weighted by atomic mass is 10.1. The number of anilines is 1. The van der Waals surface area contributed by atoms with E-state index < -0.39 is 0 Å². The molecule has 0 atom stereocenters. The summed E-state index contributed by atoms with van der Waals surface area (Å²) in [4.78, 5) is 18.9. The first-order valence-electron chi connectivity index (χ1n) is 7.67. The van der Waals surface area contributed by atoms with Crippen LogP contribution in [0.25, 0.3) is 0 Å². The summed E-state index contributed by atoms with van der Waals surface area (Å²) < 4.78 is 0. The molecule has 5 heteroatoms. The molecule has 1 N–H and O–H groups in total. The van der Waals surface area contributed by atoms with E-state index in [0.29, 0.717) is 6.04 Å². The fraction of sp³-hybridized carbons (Fsp3) is 0.562. The molecule has 1 aromatic rings. The number of carbonyl (C=O) groups excluding carboxylic acids is 1. The third kappa shape index (κ3) is 3.36. The van der Waals surface area contributed by atoms with Crippen molar-refractivity contribution in [2.24, 2.45) is 0 Å². The summed E-state index contributed by atoms with van der Waals surface area (Å²) in [6.45, 7) is 8.24. The molecular weight excluding hydrogens is 264 g/mol. The average molecular weight is 288 g/mol. The van der Waals surface area contributed by atoms with E-state index in [2.05, 4.69) is 22.2 Å². The van der Waals surface area contributed by atoms with Gasteiger partial charge in [0, 0.05) is 51.0 Å². The van der Waals surface area contributed by atoms with E-state index in [-0.39, 0.29) is 6.03 Å². The fourth-order valence-electron chi connectivity index (χ4n) is 2.88. The number of aryl methyl sites for hydroxylation is 1. The summed E-state index contributed by atoms with van der Waals surface area (Å²) in [7, 11) is 2.17. The van der Waals surface area contributed by atoms with Gasteiger partial charge in [0.05, 0.1) is 0 Å². The molecule has 0 aromatic heterocycles. The van der Waals surface area contributed by atoms with Crippen LogP contribution in [-0.2, 0) is 0 Å². The SMILES string of the molecule is Cc1ccc(NC(=O)N2CC(N3CCN(C)CC3)C2)cc1. The second kappa shape index (κ2) is 6.03. The Morgan fingerprint density at radius 1 is 1.10 bits per heavy atom. The van der Waals surface area contributed by atoms with Crippen molar-refractivity contribution in [3.05, 3.63) is 29.8 Å². The molecule has 0 spiro atoms. The number of likely N-dealkylation sites (tertiary alicyclic amines) is 1. The van der Waals surface area contributed by atoms with Crippen LogP contribution in [0.15, 0.2) is 24.3 Å². The quantitative estimate of drug-likeness (QED) is 0.895. The summed E-state index contributed by atoms with van der Waals surface area (Å²) in [5.41, 5.74) is 2.07. The molecule has 0 unspecified atom stereocenters. The van der Waals surface area contributed by atoms with Crippen LogP contribution in [-0.4, -0.2) is 73.1 Å². The predicted octanol–water partition coefficient (Wildman–Crippen LogP) is 1.46. The number of rotatable bonds is 2. The van der Waals surface area contributed by atoms with Crippen LogP contribution in [0, 0.1) is 6.92 Å². The highest BCUT2D eigenvalue weighted by Gasteiger charge is 2.35. The summed E-state index contributed by atoms with van der Waals surface area (Å²) in [5.74, 6) is 0. The van der Waals surface area contributed by atoms with Crippen molar-refractivity contribution < 1.29 is 4.79 Å². The van der Waals surface area contributed by atoms with Gasteiger partial charge in [0.1, 0.15) is 0 Å². The number of urea groups is 1. The van der Waals surface area contributed by atoms with Gasteiger partial charge in [-0.2, -0.15) is 0 Å². The highest BCUT2D eigenvalue weighted by atomic mass is 16.2. The maximum atomic E-state index is 12.1. The van der Waals surface area contributed by atoms with Gasteiger partial charge in [0.25, 0.3) is 0 Å². The van der Waals surface area contributed by atoms with Gasteiger partial charge >= 0.3 is 6.03 Å². The van der Waals surface area contributed by atoms with Gasteiger partial charge in [-0.1, -0.05) is 17.7 Å². The Labute approximate surface area is 126 Å². The lowest BCUT2D eigenvalue weighted by molar-refractivity contribution is 0.0318. The Bertz CT molecular complexity index is 488. The molecule has 0 aliphatic carbocycles. The molecule has 2 heterocycles.